The number of hydrogen-bond donors (Lipinski definition) is 0. The van der Waals surface area contributed by atoms with Crippen LogP contribution in [0.3, 0.4) is 0 Å². The van der Waals surface area contributed by atoms with Gasteiger partial charge in [0.05, 0.1) is 24.6 Å². The molecule has 1 aromatic carbocycles. The smallest absolute Gasteiger partial charge is 0.337 e. The van der Waals surface area contributed by atoms with Crippen LogP contribution < -0.4 is 9.80 Å². The number of fused-ring (bicyclic) bond motifs is 1. The zero-order valence-electron chi connectivity index (χ0n) is 14.7. The van der Waals surface area contributed by atoms with Crippen molar-refractivity contribution in [2.75, 3.05) is 64.2 Å². The lowest BCUT2D eigenvalue weighted by Crippen LogP contribution is -2.44. The van der Waals surface area contributed by atoms with Gasteiger partial charge in [0.15, 0.2) is 0 Å². The molecule has 2 aromatic rings. The molecule has 1 aromatic heterocycles. The molecule has 0 bridgehead atoms. The molecular weight excluding hydrogens is 304 g/mol. The SMILES string of the molecule is COC(=O)c1ccc2c(N3CCN(C)CC3)cnc(N(C)C)c2c1. The number of hydrogen-bond acceptors (Lipinski definition) is 6. The van der Waals surface area contributed by atoms with Crippen LogP contribution >= 0.6 is 0 Å². The highest BCUT2D eigenvalue weighted by atomic mass is 16.5. The van der Waals surface area contributed by atoms with Crippen molar-refractivity contribution in [1.82, 2.24) is 9.88 Å². The number of likely N-dealkylation sites (N-methyl/N-ethyl adjacent to an activating group) is 1. The Bertz CT molecular complexity index is 752. The number of aromatic nitrogens is 1. The van der Waals surface area contributed by atoms with E-state index in [9.17, 15) is 4.79 Å². The van der Waals surface area contributed by atoms with Crippen molar-refractivity contribution in [3.63, 3.8) is 0 Å². The normalized spacial score (nSPS) is 15.6. The molecular formula is C18H24N4O2. The fourth-order valence-corrected chi connectivity index (χ4v) is 3.11. The van der Waals surface area contributed by atoms with Gasteiger partial charge in [-0.2, -0.15) is 0 Å². The molecule has 0 spiro atoms. The lowest BCUT2D eigenvalue weighted by Gasteiger charge is -2.34. The number of pyridine rings is 1. The number of methoxy groups -OCH3 is 1. The van der Waals surface area contributed by atoms with Crippen LogP contribution in [0.4, 0.5) is 11.5 Å². The van der Waals surface area contributed by atoms with Gasteiger partial charge in [-0.1, -0.05) is 6.07 Å². The van der Waals surface area contributed by atoms with Crippen molar-refractivity contribution < 1.29 is 9.53 Å². The zero-order valence-corrected chi connectivity index (χ0v) is 14.7. The van der Waals surface area contributed by atoms with Crippen LogP contribution in [-0.2, 0) is 4.74 Å². The van der Waals surface area contributed by atoms with Gasteiger partial charge in [0.1, 0.15) is 5.82 Å². The largest absolute Gasteiger partial charge is 0.465 e. The van der Waals surface area contributed by atoms with Crippen LogP contribution in [0.1, 0.15) is 10.4 Å². The summed E-state index contributed by atoms with van der Waals surface area (Å²) >= 11 is 0. The zero-order chi connectivity index (χ0) is 17.3. The van der Waals surface area contributed by atoms with Crippen molar-refractivity contribution >= 4 is 28.2 Å². The van der Waals surface area contributed by atoms with Gasteiger partial charge >= 0.3 is 5.97 Å². The summed E-state index contributed by atoms with van der Waals surface area (Å²) in [4.78, 5) is 23.2. The van der Waals surface area contributed by atoms with E-state index in [-0.39, 0.29) is 5.97 Å². The van der Waals surface area contributed by atoms with Crippen LogP contribution in [0, 0.1) is 0 Å². The standard InChI is InChI=1S/C18H24N4O2/c1-20(2)17-15-11-13(18(23)24-4)5-6-14(15)16(12-19-17)22-9-7-21(3)8-10-22/h5-6,11-12H,7-10H2,1-4H3. The predicted molar refractivity (Wildman–Crippen MR) is 97.1 cm³/mol. The Kier molecular flexibility index (Phi) is 4.57. The lowest BCUT2D eigenvalue weighted by molar-refractivity contribution is 0.0601. The van der Waals surface area contributed by atoms with E-state index in [1.54, 1.807) is 0 Å². The first kappa shape index (κ1) is 16.5. The Morgan fingerprint density at radius 2 is 1.88 bits per heavy atom. The van der Waals surface area contributed by atoms with E-state index in [0.29, 0.717) is 5.56 Å². The van der Waals surface area contributed by atoms with Crippen molar-refractivity contribution in [2.24, 2.45) is 0 Å². The first-order valence-electron chi connectivity index (χ1n) is 8.13. The second kappa shape index (κ2) is 6.65. The Labute approximate surface area is 142 Å². The van der Waals surface area contributed by atoms with Crippen LogP contribution in [-0.4, -0.2) is 70.3 Å². The third kappa shape index (κ3) is 3.01. The molecule has 1 aliphatic heterocycles. The van der Waals surface area contributed by atoms with Crippen LogP contribution in [0.15, 0.2) is 24.4 Å². The molecule has 0 atom stereocenters. The van der Waals surface area contributed by atoms with Crippen LogP contribution in [0.25, 0.3) is 10.8 Å². The van der Waals surface area contributed by atoms with E-state index in [1.807, 2.05) is 43.4 Å². The maximum Gasteiger partial charge on any atom is 0.337 e. The highest BCUT2D eigenvalue weighted by molar-refractivity contribution is 6.04. The molecule has 6 heteroatoms. The Hall–Kier alpha value is -2.34. The van der Waals surface area contributed by atoms with E-state index < -0.39 is 0 Å². The second-order valence-corrected chi connectivity index (χ2v) is 6.40. The summed E-state index contributed by atoms with van der Waals surface area (Å²) in [6.07, 6.45) is 1.95. The third-order valence-electron chi connectivity index (χ3n) is 4.53. The highest BCUT2D eigenvalue weighted by Crippen LogP contribution is 2.33. The molecule has 3 rings (SSSR count). The molecule has 1 fully saturated rings. The summed E-state index contributed by atoms with van der Waals surface area (Å²) in [5, 5.41) is 2.09. The summed E-state index contributed by atoms with van der Waals surface area (Å²) < 4.78 is 4.86. The molecule has 0 radical (unpaired) electrons. The van der Waals surface area contributed by atoms with E-state index in [1.165, 1.54) is 7.11 Å². The lowest BCUT2D eigenvalue weighted by atomic mass is 10.1. The number of nitrogens with zero attached hydrogens (tertiary/aromatic N) is 4. The average molecular weight is 328 g/mol. The minimum absolute atomic E-state index is 0.327. The van der Waals surface area contributed by atoms with Crippen molar-refractivity contribution in [1.29, 1.82) is 0 Å². The number of carbonyl (C=O) groups is 1. The van der Waals surface area contributed by atoms with Crippen LogP contribution in [0.2, 0.25) is 0 Å². The molecule has 0 unspecified atom stereocenters. The predicted octanol–water partition coefficient (Wildman–Crippen LogP) is 1.84. The molecule has 0 aliphatic carbocycles. The summed E-state index contributed by atoms with van der Waals surface area (Å²) in [6, 6.07) is 5.71. The van der Waals surface area contributed by atoms with Gasteiger partial charge in [-0.15, -0.1) is 0 Å². The molecule has 0 N–H and O–H groups in total. The monoisotopic (exact) mass is 328 g/mol. The molecule has 128 valence electrons. The minimum atomic E-state index is -0.327. The number of ether oxygens (including phenoxy) is 1. The molecule has 2 heterocycles. The number of esters is 1. The van der Waals surface area contributed by atoms with Gasteiger partial charge in [-0.25, -0.2) is 9.78 Å². The molecule has 0 amide bonds. The first-order valence-corrected chi connectivity index (χ1v) is 8.13. The Morgan fingerprint density at radius 3 is 2.50 bits per heavy atom. The van der Waals surface area contributed by atoms with Gasteiger partial charge < -0.3 is 19.4 Å². The summed E-state index contributed by atoms with van der Waals surface area (Å²) in [7, 11) is 7.47. The first-order chi connectivity index (χ1) is 11.5. The van der Waals surface area contributed by atoms with Gasteiger partial charge in [-0.05, 0) is 19.2 Å². The minimum Gasteiger partial charge on any atom is -0.465 e. The molecule has 24 heavy (non-hydrogen) atoms. The number of piperazine rings is 1. The molecule has 6 nitrogen and oxygen atoms in total. The van der Waals surface area contributed by atoms with E-state index in [2.05, 4.69) is 21.8 Å². The Balaban J connectivity index is 2.11. The second-order valence-electron chi connectivity index (χ2n) is 6.40. The number of anilines is 2. The Morgan fingerprint density at radius 1 is 1.17 bits per heavy atom. The molecule has 0 saturated carbocycles. The van der Waals surface area contributed by atoms with Crippen LogP contribution in [0.5, 0.6) is 0 Å². The van der Waals surface area contributed by atoms with Gasteiger partial charge in [0.25, 0.3) is 0 Å². The fourth-order valence-electron chi connectivity index (χ4n) is 3.11. The van der Waals surface area contributed by atoms with E-state index in [4.69, 9.17) is 4.74 Å². The summed E-state index contributed by atoms with van der Waals surface area (Å²) in [6.45, 7) is 4.04. The molecule has 1 aliphatic rings. The maximum atomic E-state index is 11.9. The number of rotatable bonds is 3. The molecule has 1 saturated heterocycles. The highest BCUT2D eigenvalue weighted by Gasteiger charge is 2.19. The van der Waals surface area contributed by atoms with Crippen molar-refractivity contribution in [2.45, 2.75) is 0 Å². The van der Waals surface area contributed by atoms with Gasteiger partial charge in [-0.3, -0.25) is 0 Å². The average Bonchev–Trinajstić information content (AvgIpc) is 2.60. The van der Waals surface area contributed by atoms with Crippen molar-refractivity contribution in [3.8, 4) is 0 Å². The van der Waals surface area contributed by atoms with Crippen molar-refractivity contribution in [3.05, 3.63) is 30.0 Å². The summed E-state index contributed by atoms with van der Waals surface area (Å²) in [5.41, 5.74) is 1.67. The fraction of sp³-hybridized carbons (Fsp3) is 0.444. The number of benzene rings is 1. The topological polar surface area (TPSA) is 48.9 Å². The van der Waals surface area contributed by atoms with E-state index >= 15 is 0 Å². The quantitative estimate of drug-likeness (QED) is 0.802. The van der Waals surface area contributed by atoms with Gasteiger partial charge in [0, 0.05) is 51.0 Å². The summed E-state index contributed by atoms with van der Waals surface area (Å²) in [5.74, 6) is 0.528. The van der Waals surface area contributed by atoms with E-state index in [0.717, 1.165) is 48.5 Å². The maximum absolute atomic E-state index is 11.9. The van der Waals surface area contributed by atoms with Gasteiger partial charge in [0.2, 0.25) is 0 Å². The number of carbonyl (C=O) groups excluding carboxylic acids is 1. The third-order valence-corrected chi connectivity index (χ3v) is 4.53.